The van der Waals surface area contributed by atoms with E-state index in [1.165, 1.54) is 42.5 Å². The molecule has 0 aromatic heterocycles. The average Bonchev–Trinajstić information content (AvgIpc) is 2.63. The van der Waals surface area contributed by atoms with E-state index in [4.69, 9.17) is 46.4 Å². The summed E-state index contributed by atoms with van der Waals surface area (Å²) in [7, 11) is -5.11. The van der Waals surface area contributed by atoms with E-state index < -0.39 is 26.4 Å². The van der Waals surface area contributed by atoms with E-state index in [1.54, 1.807) is 0 Å². The number of benzene rings is 3. The molecule has 3 rings (SSSR count). The van der Waals surface area contributed by atoms with Crippen molar-refractivity contribution in [3.05, 3.63) is 91.4 Å². The van der Waals surface area contributed by atoms with Crippen molar-refractivity contribution in [2.24, 2.45) is 0 Å². The molecule has 0 heterocycles. The van der Waals surface area contributed by atoms with Crippen LogP contribution in [0.15, 0.2) is 54.6 Å². The predicted molar refractivity (Wildman–Crippen MR) is 114 cm³/mol. The van der Waals surface area contributed by atoms with E-state index in [0.29, 0.717) is 0 Å². The molecule has 1 unspecified atom stereocenters. The number of phenolic OH excluding ortho intramolecular Hbond substituents is 2. The summed E-state index contributed by atoms with van der Waals surface area (Å²) in [6, 6.07) is 11.8. The van der Waals surface area contributed by atoms with Gasteiger partial charge in [-0.15, -0.1) is 0 Å². The first-order valence-corrected chi connectivity index (χ1v) is 10.9. The third kappa shape index (κ3) is 3.54. The van der Waals surface area contributed by atoms with E-state index in [9.17, 15) is 23.2 Å². The zero-order valence-corrected chi connectivity index (χ0v) is 18.1. The Labute approximate surface area is 186 Å². The first-order valence-electron chi connectivity index (χ1n) is 7.90. The van der Waals surface area contributed by atoms with Crippen LogP contribution >= 0.6 is 46.4 Å². The van der Waals surface area contributed by atoms with Gasteiger partial charge in [0, 0.05) is 11.1 Å². The second kappa shape index (κ2) is 7.87. The van der Waals surface area contributed by atoms with Crippen LogP contribution in [-0.2, 0) is 14.9 Å². The van der Waals surface area contributed by atoms with Crippen LogP contribution in [0.5, 0.6) is 11.5 Å². The lowest BCUT2D eigenvalue weighted by molar-refractivity contribution is 0.439. The van der Waals surface area contributed by atoms with Gasteiger partial charge >= 0.3 is 0 Å². The maximum Gasteiger partial charge on any atom is 0.283 e. The van der Waals surface area contributed by atoms with Crippen molar-refractivity contribution in [2.75, 3.05) is 0 Å². The Kier molecular flexibility index (Phi) is 5.98. The lowest BCUT2D eigenvalue weighted by Gasteiger charge is -2.34. The molecule has 29 heavy (non-hydrogen) atoms. The van der Waals surface area contributed by atoms with E-state index in [2.05, 4.69) is 0 Å². The largest absolute Gasteiger partial charge is 0.508 e. The smallest absolute Gasteiger partial charge is 0.283 e. The van der Waals surface area contributed by atoms with Gasteiger partial charge in [-0.1, -0.05) is 76.7 Å². The standard InChI is InChI=1S/C19H12Cl4O5S/c20-13-6-3-5-12(17(13)22)19(29(26,27)28,11-4-1-2-7-15(11)24)10-8-14(21)18(23)16(25)9-10/h1-9,24-25H,(H,26,27,28). The van der Waals surface area contributed by atoms with Crippen LogP contribution in [0.2, 0.25) is 20.1 Å². The Bertz CT molecular complexity index is 1190. The molecule has 0 aliphatic rings. The van der Waals surface area contributed by atoms with Crippen LogP contribution in [0.4, 0.5) is 0 Å². The molecule has 0 aliphatic heterocycles. The predicted octanol–water partition coefficient (Wildman–Crippen LogP) is 5.89. The summed E-state index contributed by atoms with van der Waals surface area (Å²) in [5.74, 6) is -0.984. The van der Waals surface area contributed by atoms with Crippen LogP contribution in [0.25, 0.3) is 0 Å². The normalized spacial score (nSPS) is 13.8. The summed E-state index contributed by atoms with van der Waals surface area (Å²) in [6.07, 6.45) is 0. The highest BCUT2D eigenvalue weighted by Gasteiger charge is 2.51. The van der Waals surface area contributed by atoms with Gasteiger partial charge in [0.25, 0.3) is 10.1 Å². The Hall–Kier alpha value is -1.67. The van der Waals surface area contributed by atoms with Crippen LogP contribution in [0.1, 0.15) is 16.7 Å². The number of rotatable bonds is 4. The Morgan fingerprint density at radius 2 is 1.34 bits per heavy atom. The van der Waals surface area contributed by atoms with Crippen LogP contribution in [0, 0.1) is 0 Å². The van der Waals surface area contributed by atoms with Crippen LogP contribution in [-0.4, -0.2) is 23.2 Å². The van der Waals surface area contributed by atoms with Gasteiger partial charge in [0.05, 0.1) is 15.1 Å². The highest BCUT2D eigenvalue weighted by molar-refractivity contribution is 7.87. The fourth-order valence-electron chi connectivity index (χ4n) is 3.21. The molecular formula is C19H12Cl4O5S. The monoisotopic (exact) mass is 492 g/mol. The first kappa shape index (κ1) is 22.0. The van der Waals surface area contributed by atoms with Crippen molar-refractivity contribution < 1.29 is 23.2 Å². The molecule has 0 amide bonds. The quantitative estimate of drug-likeness (QED) is 0.311. The van der Waals surface area contributed by atoms with Crippen molar-refractivity contribution in [3.63, 3.8) is 0 Å². The SMILES string of the molecule is O=S(=O)(O)C(c1cc(O)c(Cl)c(Cl)c1)(c1ccccc1O)c1cccc(Cl)c1Cl. The van der Waals surface area contributed by atoms with Gasteiger partial charge in [-0.2, -0.15) is 8.42 Å². The molecule has 10 heteroatoms. The number of para-hydroxylation sites is 1. The number of hydrogen-bond donors (Lipinski definition) is 3. The van der Waals surface area contributed by atoms with Gasteiger partial charge in [0.2, 0.25) is 0 Å². The summed E-state index contributed by atoms with van der Waals surface area (Å²) in [4.78, 5) is 0. The highest BCUT2D eigenvalue weighted by Crippen LogP contribution is 2.51. The molecule has 0 bridgehead atoms. The summed E-state index contributed by atoms with van der Waals surface area (Å²) in [6.45, 7) is 0. The minimum Gasteiger partial charge on any atom is -0.508 e. The molecule has 1 atom stereocenters. The second-order valence-corrected chi connectivity index (χ2v) is 9.20. The number of halogens is 4. The van der Waals surface area contributed by atoms with Gasteiger partial charge < -0.3 is 10.2 Å². The topological polar surface area (TPSA) is 94.8 Å². The molecule has 0 aliphatic carbocycles. The van der Waals surface area contributed by atoms with Crippen molar-refractivity contribution >= 4 is 56.5 Å². The molecule has 3 N–H and O–H groups in total. The van der Waals surface area contributed by atoms with Crippen molar-refractivity contribution in [3.8, 4) is 11.5 Å². The van der Waals surface area contributed by atoms with Gasteiger partial charge in [0.15, 0.2) is 4.75 Å². The molecule has 0 spiro atoms. The fourth-order valence-corrected chi connectivity index (χ4v) is 5.34. The second-order valence-electron chi connectivity index (χ2n) is 6.07. The van der Waals surface area contributed by atoms with Crippen molar-refractivity contribution in [2.45, 2.75) is 4.75 Å². The zero-order chi connectivity index (χ0) is 21.6. The first-order chi connectivity index (χ1) is 13.5. The molecule has 3 aromatic carbocycles. The van der Waals surface area contributed by atoms with Gasteiger partial charge in [-0.3, -0.25) is 4.55 Å². The van der Waals surface area contributed by atoms with Crippen LogP contribution < -0.4 is 0 Å². The number of hydrogen-bond acceptors (Lipinski definition) is 4. The van der Waals surface area contributed by atoms with E-state index in [0.717, 1.165) is 12.1 Å². The Balaban J connectivity index is 2.63. The Morgan fingerprint density at radius 1 is 0.724 bits per heavy atom. The molecule has 3 aromatic rings. The molecule has 0 fully saturated rings. The van der Waals surface area contributed by atoms with E-state index >= 15 is 0 Å². The maximum atomic E-state index is 13.0. The third-order valence-corrected chi connectivity index (χ3v) is 7.48. The summed E-state index contributed by atoms with van der Waals surface area (Å²) in [5.41, 5.74) is -0.601. The van der Waals surface area contributed by atoms with Crippen molar-refractivity contribution in [1.82, 2.24) is 0 Å². The summed E-state index contributed by atoms with van der Waals surface area (Å²) >= 11 is 24.4. The van der Waals surface area contributed by atoms with Gasteiger partial charge in [-0.05, 0) is 29.8 Å². The van der Waals surface area contributed by atoms with Gasteiger partial charge in [-0.25, -0.2) is 0 Å². The minimum atomic E-state index is -5.11. The average molecular weight is 494 g/mol. The Morgan fingerprint density at radius 3 is 1.93 bits per heavy atom. The van der Waals surface area contributed by atoms with Gasteiger partial charge in [0.1, 0.15) is 16.5 Å². The highest BCUT2D eigenvalue weighted by atomic mass is 35.5. The summed E-state index contributed by atoms with van der Waals surface area (Å²) < 4.78 is 33.9. The number of aromatic hydroxyl groups is 2. The van der Waals surface area contributed by atoms with Crippen LogP contribution in [0.3, 0.4) is 0 Å². The zero-order valence-electron chi connectivity index (χ0n) is 14.3. The molecule has 5 nitrogen and oxygen atoms in total. The molecule has 0 saturated carbocycles. The van der Waals surface area contributed by atoms with Crippen molar-refractivity contribution in [1.29, 1.82) is 0 Å². The maximum absolute atomic E-state index is 13.0. The third-order valence-electron chi connectivity index (χ3n) is 4.42. The fraction of sp³-hybridized carbons (Fsp3) is 0.0526. The van der Waals surface area contributed by atoms with E-state index in [-0.39, 0.29) is 36.8 Å². The molecule has 152 valence electrons. The molecule has 0 radical (unpaired) electrons. The number of phenols is 2. The van der Waals surface area contributed by atoms with E-state index in [1.807, 2.05) is 0 Å². The molecule has 0 saturated heterocycles. The summed E-state index contributed by atoms with van der Waals surface area (Å²) in [5, 5.41) is 20.1. The molecular weight excluding hydrogens is 482 g/mol. The lowest BCUT2D eigenvalue weighted by Crippen LogP contribution is -2.38. The minimum absolute atomic E-state index is 0.0110. The lowest BCUT2D eigenvalue weighted by atomic mass is 9.83.